The zero-order chi connectivity index (χ0) is 14.0. The van der Waals surface area contributed by atoms with Gasteiger partial charge in [-0.2, -0.15) is 0 Å². The summed E-state index contributed by atoms with van der Waals surface area (Å²) in [5, 5.41) is 0.205. The third kappa shape index (κ3) is 1.89. The lowest BCUT2D eigenvalue weighted by Gasteiger charge is -2.58. The van der Waals surface area contributed by atoms with E-state index in [1.807, 2.05) is 0 Å². The highest BCUT2D eigenvalue weighted by Crippen LogP contribution is 2.65. The van der Waals surface area contributed by atoms with Gasteiger partial charge in [0.05, 0.1) is 12.0 Å². The average molecular weight is 303 g/mol. The van der Waals surface area contributed by atoms with Crippen molar-refractivity contribution in [2.24, 2.45) is 23.2 Å². The largest absolute Gasteiger partial charge is 0.493 e. The Kier molecular flexibility index (Phi) is 2.69. The molecule has 1 aromatic carbocycles. The Balaban J connectivity index is 1.49. The van der Waals surface area contributed by atoms with Crippen LogP contribution in [0.2, 0.25) is 0 Å². The number of rotatable bonds is 2. The van der Waals surface area contributed by atoms with E-state index in [0.717, 1.165) is 36.5 Å². The van der Waals surface area contributed by atoms with Crippen molar-refractivity contribution >= 4 is 11.6 Å². The first-order valence-corrected chi connectivity index (χ1v) is 9.05. The Bertz CT molecular complexity index is 544. The van der Waals surface area contributed by atoms with Gasteiger partial charge >= 0.3 is 0 Å². The molecule has 0 aromatic heterocycles. The molecule has 0 spiro atoms. The van der Waals surface area contributed by atoms with Crippen molar-refractivity contribution in [2.45, 2.75) is 50.3 Å². The van der Waals surface area contributed by atoms with Crippen LogP contribution in [0.15, 0.2) is 18.2 Å². The zero-order valence-electron chi connectivity index (χ0n) is 12.5. The van der Waals surface area contributed by atoms with Crippen molar-refractivity contribution in [2.75, 3.05) is 6.61 Å². The van der Waals surface area contributed by atoms with Crippen LogP contribution in [0.25, 0.3) is 0 Å². The van der Waals surface area contributed by atoms with Gasteiger partial charge in [0.25, 0.3) is 0 Å². The number of ether oxygens (including phenoxy) is 1. The lowest BCUT2D eigenvalue weighted by molar-refractivity contribution is -0.0552. The molecule has 1 heterocycles. The Morgan fingerprint density at radius 3 is 2.38 bits per heavy atom. The van der Waals surface area contributed by atoms with Gasteiger partial charge in [-0.3, -0.25) is 0 Å². The van der Waals surface area contributed by atoms with Crippen molar-refractivity contribution in [3.63, 3.8) is 0 Å². The third-order valence-corrected chi connectivity index (χ3v) is 7.34. The molecule has 1 atom stereocenters. The van der Waals surface area contributed by atoms with E-state index >= 15 is 0 Å². The molecule has 0 N–H and O–H groups in total. The molecule has 4 bridgehead atoms. The van der Waals surface area contributed by atoms with E-state index in [9.17, 15) is 0 Å². The minimum absolute atomic E-state index is 0.205. The van der Waals surface area contributed by atoms with Gasteiger partial charge in [0, 0.05) is 6.42 Å². The topological polar surface area (TPSA) is 9.23 Å². The van der Waals surface area contributed by atoms with Crippen LogP contribution in [0.4, 0.5) is 0 Å². The minimum Gasteiger partial charge on any atom is -0.493 e. The third-order valence-electron chi connectivity index (χ3n) is 6.63. The van der Waals surface area contributed by atoms with E-state index in [1.165, 1.54) is 49.7 Å². The van der Waals surface area contributed by atoms with Crippen molar-refractivity contribution in [1.29, 1.82) is 0 Å². The molecule has 6 rings (SSSR count). The molecule has 0 saturated heterocycles. The van der Waals surface area contributed by atoms with Gasteiger partial charge in [-0.25, -0.2) is 0 Å². The molecule has 5 aliphatic rings. The van der Waals surface area contributed by atoms with Gasteiger partial charge in [-0.15, -0.1) is 11.6 Å². The Labute approximate surface area is 132 Å². The predicted octanol–water partition coefficient (Wildman–Crippen LogP) is 5.12. The Morgan fingerprint density at radius 2 is 1.71 bits per heavy atom. The first-order chi connectivity index (χ1) is 10.2. The average Bonchev–Trinajstić information content (AvgIpc) is 2.92. The molecule has 112 valence electrons. The highest BCUT2D eigenvalue weighted by atomic mass is 35.5. The molecule has 2 heteroatoms. The number of halogens is 1. The summed E-state index contributed by atoms with van der Waals surface area (Å²) in [6, 6.07) is 6.70. The fourth-order valence-corrected chi connectivity index (χ4v) is 6.61. The predicted molar refractivity (Wildman–Crippen MR) is 84.8 cm³/mol. The van der Waals surface area contributed by atoms with E-state index in [2.05, 4.69) is 18.2 Å². The van der Waals surface area contributed by atoms with Gasteiger partial charge < -0.3 is 4.74 Å². The molecule has 4 aliphatic carbocycles. The summed E-state index contributed by atoms with van der Waals surface area (Å²) < 4.78 is 5.64. The van der Waals surface area contributed by atoms with Crippen LogP contribution in [0, 0.1) is 23.2 Å². The molecule has 4 saturated carbocycles. The molecule has 1 aromatic rings. The first kappa shape index (κ1) is 12.8. The standard InChI is InChI=1S/C19H23ClO/c20-18(16-1-2-17-15(8-16)3-4-21-17)19-9-12-5-13(10-19)7-14(6-12)11-19/h1-2,8,12-14,18H,3-7,9-11H2. The Morgan fingerprint density at radius 1 is 1.05 bits per heavy atom. The van der Waals surface area contributed by atoms with Crippen LogP contribution in [-0.4, -0.2) is 6.61 Å². The maximum Gasteiger partial charge on any atom is 0.122 e. The number of hydrogen-bond donors (Lipinski definition) is 0. The van der Waals surface area contributed by atoms with Gasteiger partial charge in [0.2, 0.25) is 0 Å². The van der Waals surface area contributed by atoms with Crippen molar-refractivity contribution in [1.82, 2.24) is 0 Å². The summed E-state index contributed by atoms with van der Waals surface area (Å²) in [4.78, 5) is 0. The van der Waals surface area contributed by atoms with Crippen molar-refractivity contribution < 1.29 is 4.74 Å². The van der Waals surface area contributed by atoms with E-state index < -0.39 is 0 Å². The molecular formula is C19H23ClO. The van der Waals surface area contributed by atoms with E-state index in [4.69, 9.17) is 16.3 Å². The molecule has 21 heavy (non-hydrogen) atoms. The van der Waals surface area contributed by atoms with Crippen molar-refractivity contribution in [3.05, 3.63) is 29.3 Å². The second-order valence-electron chi connectivity index (χ2n) is 8.11. The molecule has 1 aliphatic heterocycles. The smallest absolute Gasteiger partial charge is 0.122 e. The summed E-state index contributed by atoms with van der Waals surface area (Å²) in [5.74, 6) is 3.98. The minimum atomic E-state index is 0.205. The highest BCUT2D eigenvalue weighted by Gasteiger charge is 2.54. The van der Waals surface area contributed by atoms with E-state index in [1.54, 1.807) is 0 Å². The number of benzene rings is 1. The fourth-order valence-electron chi connectivity index (χ4n) is 6.21. The summed E-state index contributed by atoms with van der Waals surface area (Å²) in [6.45, 7) is 0.836. The fraction of sp³-hybridized carbons (Fsp3) is 0.684. The van der Waals surface area contributed by atoms with Crippen LogP contribution in [0.1, 0.15) is 55.0 Å². The van der Waals surface area contributed by atoms with Crippen LogP contribution in [0.5, 0.6) is 5.75 Å². The zero-order valence-corrected chi connectivity index (χ0v) is 13.2. The summed E-state index contributed by atoms with van der Waals surface area (Å²) in [5.41, 5.74) is 3.11. The van der Waals surface area contributed by atoms with Gasteiger partial charge in [-0.05, 0) is 78.9 Å². The maximum absolute atomic E-state index is 7.09. The quantitative estimate of drug-likeness (QED) is 0.689. The lowest BCUT2D eigenvalue weighted by atomic mass is 9.48. The van der Waals surface area contributed by atoms with E-state index in [-0.39, 0.29) is 5.38 Å². The second-order valence-corrected chi connectivity index (χ2v) is 8.54. The van der Waals surface area contributed by atoms with E-state index in [0.29, 0.717) is 5.41 Å². The SMILES string of the molecule is ClC(c1ccc2c(c1)CCO2)C12CC3CC(CC(C3)C1)C2. The highest BCUT2D eigenvalue weighted by molar-refractivity contribution is 6.21. The maximum atomic E-state index is 7.09. The van der Waals surface area contributed by atoms with Crippen LogP contribution in [0.3, 0.4) is 0 Å². The lowest BCUT2D eigenvalue weighted by Crippen LogP contribution is -2.47. The van der Waals surface area contributed by atoms with Gasteiger partial charge in [0.15, 0.2) is 0 Å². The molecular weight excluding hydrogens is 280 g/mol. The van der Waals surface area contributed by atoms with Gasteiger partial charge in [-0.1, -0.05) is 12.1 Å². The second kappa shape index (κ2) is 4.41. The molecule has 1 nitrogen and oxygen atoms in total. The number of fused-ring (bicyclic) bond motifs is 1. The molecule has 1 unspecified atom stereocenters. The summed E-state index contributed by atoms with van der Waals surface area (Å²) >= 11 is 7.09. The van der Waals surface area contributed by atoms with Crippen molar-refractivity contribution in [3.8, 4) is 5.75 Å². The number of alkyl halides is 1. The first-order valence-electron chi connectivity index (χ1n) is 8.61. The number of hydrogen-bond acceptors (Lipinski definition) is 1. The van der Waals surface area contributed by atoms with Crippen LogP contribution < -0.4 is 4.74 Å². The normalized spacial score (nSPS) is 40.9. The van der Waals surface area contributed by atoms with Crippen LogP contribution >= 0.6 is 11.6 Å². The molecule has 0 radical (unpaired) electrons. The van der Waals surface area contributed by atoms with Crippen LogP contribution in [-0.2, 0) is 6.42 Å². The summed E-state index contributed by atoms with van der Waals surface area (Å²) in [7, 11) is 0. The Hall–Kier alpha value is -0.690. The molecule has 4 fully saturated rings. The summed E-state index contributed by atoms with van der Waals surface area (Å²) in [6.07, 6.45) is 9.64. The van der Waals surface area contributed by atoms with Gasteiger partial charge in [0.1, 0.15) is 5.75 Å². The monoisotopic (exact) mass is 302 g/mol. The molecule has 0 amide bonds.